The Morgan fingerprint density at radius 3 is 1.30 bits per heavy atom. The van der Waals surface area contributed by atoms with Crippen molar-refractivity contribution in [2.45, 2.75) is 298 Å². The maximum absolute atomic E-state index is 13.3. The summed E-state index contributed by atoms with van der Waals surface area (Å²) in [7, 11) is 0. The Kier molecular flexibility index (Phi) is 39.0. The van der Waals surface area contributed by atoms with E-state index in [4.69, 9.17) is 28.4 Å². The molecule has 0 radical (unpaired) electrons. The largest absolute Gasteiger partial charge is 0.394 e. The number of ether oxygens (including phenoxy) is 6. The lowest BCUT2D eigenvalue weighted by Crippen LogP contribution is -2.66. The molecule has 0 aromatic heterocycles. The summed E-state index contributed by atoms with van der Waals surface area (Å²) in [6.45, 7) is 1.63. The Hall–Kier alpha value is -2.25. The van der Waals surface area contributed by atoms with E-state index in [0.29, 0.717) is 12.8 Å². The average molecular weight is 1130 g/mol. The smallest absolute Gasteiger partial charge is 0.220 e. The predicted octanol–water partition coefficient (Wildman–Crippen LogP) is 5.48. The standard InChI is InChI=1S/C60H107NO18/c1-3-5-7-9-11-13-15-16-17-18-19-20-21-22-23-24-25-26-28-29-31-33-35-37-44(65)43(61-48(66)38-36-34-32-30-27-14-12-10-8-6-4-2)42-74-58-54(72)51(69)56(46(40-63)76-58)79-60-55(73)52(70)57(47(41-64)77-60)78-59-53(71)50(68)49(67)45(39-62)75-59/h10,12,23-24,28-29,35,37,43-47,49-60,62-65,67-73H,3-9,11,13-22,25-27,30-34,36,38-42H2,1-2H3,(H,61,66)/b12-10-,24-23+,29-28+,37-35+. The van der Waals surface area contributed by atoms with Gasteiger partial charge in [-0.15, -0.1) is 0 Å². The fourth-order valence-corrected chi connectivity index (χ4v) is 10.0. The number of carbonyl (C=O) groups excluding carboxylic acids is 1. The molecule has 19 heteroatoms. The Morgan fingerprint density at radius 1 is 0.443 bits per heavy atom. The number of aliphatic hydroxyl groups excluding tert-OH is 11. The third-order valence-electron chi connectivity index (χ3n) is 15.1. The molecule has 3 aliphatic rings. The first-order valence-electron chi connectivity index (χ1n) is 30.4. The maximum Gasteiger partial charge on any atom is 0.220 e. The Morgan fingerprint density at radius 2 is 0.823 bits per heavy atom. The molecule has 0 aromatic rings. The summed E-state index contributed by atoms with van der Waals surface area (Å²) in [5.74, 6) is -0.302. The number of rotatable bonds is 44. The Balaban J connectivity index is 1.50. The predicted molar refractivity (Wildman–Crippen MR) is 300 cm³/mol. The lowest BCUT2D eigenvalue weighted by molar-refractivity contribution is -0.379. The van der Waals surface area contributed by atoms with Gasteiger partial charge in [-0.1, -0.05) is 172 Å². The summed E-state index contributed by atoms with van der Waals surface area (Å²) in [6, 6.07) is -0.999. The number of nitrogens with one attached hydrogen (secondary N) is 1. The van der Waals surface area contributed by atoms with E-state index < -0.39 is 124 Å². The summed E-state index contributed by atoms with van der Waals surface area (Å²) in [5, 5.41) is 120. The monoisotopic (exact) mass is 1130 g/mol. The summed E-state index contributed by atoms with van der Waals surface area (Å²) >= 11 is 0. The van der Waals surface area contributed by atoms with Gasteiger partial charge in [-0.25, -0.2) is 0 Å². The SMILES string of the molecule is CCCC/C=C\CCCCCCCC(=O)NC(COC1OC(CO)C(OC2OC(CO)C(OC3OC(CO)C(O)C(O)C3O)C(O)C2O)C(O)C1O)C(O)/C=C/CC/C=C/CC/C=C/CCCCCCCCCCCCCCC. The maximum atomic E-state index is 13.3. The molecule has 0 spiro atoms. The molecule has 3 rings (SSSR count). The molecular formula is C60H107NO18. The van der Waals surface area contributed by atoms with Gasteiger partial charge in [0.05, 0.1) is 38.6 Å². The second kappa shape index (κ2) is 43.4. The van der Waals surface area contributed by atoms with E-state index >= 15 is 0 Å². The van der Waals surface area contributed by atoms with Crippen LogP contribution in [0.1, 0.15) is 194 Å². The van der Waals surface area contributed by atoms with Gasteiger partial charge in [0.25, 0.3) is 0 Å². The lowest BCUT2D eigenvalue weighted by Gasteiger charge is -2.48. The molecule has 1 amide bonds. The highest BCUT2D eigenvalue weighted by molar-refractivity contribution is 5.76. The average Bonchev–Trinajstić information content (AvgIpc) is 3.55. The normalized spacial score (nSPS) is 30.6. The first kappa shape index (κ1) is 71.0. The fraction of sp³-hybridized carbons (Fsp3) is 0.850. The summed E-state index contributed by atoms with van der Waals surface area (Å²) in [5.41, 5.74) is 0. The highest BCUT2D eigenvalue weighted by Gasteiger charge is 2.53. The summed E-state index contributed by atoms with van der Waals surface area (Å²) in [6.07, 6.45) is 21.1. The summed E-state index contributed by atoms with van der Waals surface area (Å²) < 4.78 is 34.2. The van der Waals surface area contributed by atoms with Crippen LogP contribution in [0.5, 0.6) is 0 Å². The third kappa shape index (κ3) is 27.3. The number of carbonyl (C=O) groups is 1. The van der Waals surface area contributed by atoms with Crippen LogP contribution in [0.4, 0.5) is 0 Å². The van der Waals surface area contributed by atoms with Crippen LogP contribution >= 0.6 is 0 Å². The minimum absolute atomic E-state index is 0.220. The number of allylic oxidation sites excluding steroid dienone is 7. The zero-order valence-corrected chi connectivity index (χ0v) is 47.8. The molecular weight excluding hydrogens is 1020 g/mol. The van der Waals surface area contributed by atoms with Gasteiger partial charge in [-0.05, 0) is 64.2 Å². The van der Waals surface area contributed by atoms with Crippen LogP contribution < -0.4 is 5.32 Å². The van der Waals surface area contributed by atoms with Crippen LogP contribution in [0.2, 0.25) is 0 Å². The number of amides is 1. The van der Waals surface area contributed by atoms with E-state index in [1.807, 2.05) is 6.08 Å². The number of aliphatic hydroxyl groups is 11. The molecule has 0 saturated carbocycles. The van der Waals surface area contributed by atoms with Crippen molar-refractivity contribution in [3.05, 3.63) is 48.6 Å². The molecule has 0 bridgehead atoms. The molecule has 0 aromatic carbocycles. The highest BCUT2D eigenvalue weighted by atomic mass is 16.8. The van der Waals surface area contributed by atoms with Crippen molar-refractivity contribution in [1.82, 2.24) is 5.32 Å². The van der Waals surface area contributed by atoms with Gasteiger partial charge in [0.2, 0.25) is 5.91 Å². The molecule has 17 atom stereocenters. The van der Waals surface area contributed by atoms with Crippen molar-refractivity contribution in [2.24, 2.45) is 0 Å². The minimum Gasteiger partial charge on any atom is -0.394 e. The van der Waals surface area contributed by atoms with Crippen molar-refractivity contribution in [1.29, 1.82) is 0 Å². The van der Waals surface area contributed by atoms with E-state index in [9.17, 15) is 61.0 Å². The number of hydrogen-bond donors (Lipinski definition) is 12. The van der Waals surface area contributed by atoms with Crippen LogP contribution in [0.3, 0.4) is 0 Å². The molecule has 460 valence electrons. The van der Waals surface area contributed by atoms with Gasteiger partial charge in [-0.3, -0.25) is 4.79 Å². The van der Waals surface area contributed by atoms with Gasteiger partial charge in [0.15, 0.2) is 18.9 Å². The van der Waals surface area contributed by atoms with Crippen LogP contribution in [0.15, 0.2) is 48.6 Å². The van der Waals surface area contributed by atoms with Crippen molar-refractivity contribution >= 4 is 5.91 Å². The topological polar surface area (TPSA) is 307 Å². The van der Waals surface area contributed by atoms with Crippen molar-refractivity contribution in [3.8, 4) is 0 Å². The van der Waals surface area contributed by atoms with Crippen molar-refractivity contribution in [2.75, 3.05) is 26.4 Å². The van der Waals surface area contributed by atoms with Crippen LogP contribution in [-0.2, 0) is 33.2 Å². The first-order valence-corrected chi connectivity index (χ1v) is 30.4. The van der Waals surface area contributed by atoms with Gasteiger partial charge in [-0.2, -0.15) is 0 Å². The molecule has 79 heavy (non-hydrogen) atoms. The van der Waals surface area contributed by atoms with E-state index in [0.717, 1.165) is 64.2 Å². The van der Waals surface area contributed by atoms with Crippen LogP contribution in [0, 0.1) is 0 Å². The molecule has 3 heterocycles. The van der Waals surface area contributed by atoms with E-state index in [1.165, 1.54) is 96.3 Å². The zero-order chi connectivity index (χ0) is 57.6. The van der Waals surface area contributed by atoms with Crippen molar-refractivity contribution in [3.63, 3.8) is 0 Å². The number of hydrogen-bond acceptors (Lipinski definition) is 18. The molecule has 0 aliphatic carbocycles. The second-order valence-corrected chi connectivity index (χ2v) is 21.8. The minimum atomic E-state index is -1.98. The lowest BCUT2D eigenvalue weighted by atomic mass is 9.96. The van der Waals surface area contributed by atoms with E-state index in [-0.39, 0.29) is 18.9 Å². The van der Waals surface area contributed by atoms with Gasteiger partial charge >= 0.3 is 0 Å². The number of unbranched alkanes of at least 4 members (excludes halogenated alkanes) is 22. The molecule has 3 fully saturated rings. The fourth-order valence-electron chi connectivity index (χ4n) is 10.0. The van der Waals surface area contributed by atoms with E-state index in [2.05, 4.69) is 55.6 Å². The molecule has 19 nitrogen and oxygen atoms in total. The van der Waals surface area contributed by atoms with E-state index in [1.54, 1.807) is 6.08 Å². The summed E-state index contributed by atoms with van der Waals surface area (Å²) in [4.78, 5) is 13.3. The molecule has 17 unspecified atom stereocenters. The Labute approximate surface area is 472 Å². The third-order valence-corrected chi connectivity index (χ3v) is 15.1. The second-order valence-electron chi connectivity index (χ2n) is 21.8. The van der Waals surface area contributed by atoms with Crippen LogP contribution in [-0.4, -0.2) is 193 Å². The van der Waals surface area contributed by atoms with Gasteiger partial charge in [0, 0.05) is 6.42 Å². The van der Waals surface area contributed by atoms with Gasteiger partial charge in [0.1, 0.15) is 73.2 Å². The zero-order valence-electron chi connectivity index (χ0n) is 47.8. The van der Waals surface area contributed by atoms with Gasteiger partial charge < -0.3 is 89.9 Å². The highest BCUT2D eigenvalue weighted by Crippen LogP contribution is 2.33. The quantitative estimate of drug-likeness (QED) is 0.0265. The van der Waals surface area contributed by atoms with Crippen molar-refractivity contribution < 1.29 is 89.4 Å². The van der Waals surface area contributed by atoms with Crippen LogP contribution in [0.25, 0.3) is 0 Å². The molecule has 12 N–H and O–H groups in total. The first-order chi connectivity index (χ1) is 38.3. The Bertz CT molecular complexity index is 1630. The molecule has 3 aliphatic heterocycles. The molecule has 3 saturated heterocycles.